The third kappa shape index (κ3) is 3.47. The minimum absolute atomic E-state index is 0.124. The molecule has 24 heavy (non-hydrogen) atoms. The molecular weight excluding hydrogens is 310 g/mol. The fraction of sp³-hybridized carbons (Fsp3) is 0.111. The van der Waals surface area contributed by atoms with E-state index < -0.39 is 5.97 Å². The minimum atomic E-state index is -1.03. The van der Waals surface area contributed by atoms with E-state index in [2.05, 4.69) is 6.07 Å². The van der Waals surface area contributed by atoms with Gasteiger partial charge in [0.15, 0.2) is 11.5 Å². The Morgan fingerprint density at radius 1 is 1.08 bits per heavy atom. The van der Waals surface area contributed by atoms with E-state index in [1.165, 1.54) is 26.4 Å². The van der Waals surface area contributed by atoms with Gasteiger partial charge in [-0.25, -0.2) is 4.79 Å². The molecule has 0 amide bonds. The molecule has 2 aromatic rings. The van der Waals surface area contributed by atoms with Crippen molar-refractivity contribution in [1.29, 1.82) is 5.26 Å². The molecule has 0 aromatic heterocycles. The zero-order valence-electron chi connectivity index (χ0n) is 13.1. The van der Waals surface area contributed by atoms with Crippen LogP contribution in [0, 0.1) is 11.3 Å². The van der Waals surface area contributed by atoms with Crippen molar-refractivity contribution >= 4 is 17.6 Å². The van der Waals surface area contributed by atoms with E-state index in [9.17, 15) is 15.2 Å². The molecule has 0 unspecified atom stereocenters. The highest BCUT2D eigenvalue weighted by molar-refractivity contribution is 5.92. The molecule has 0 saturated heterocycles. The molecule has 0 aliphatic rings. The van der Waals surface area contributed by atoms with Crippen LogP contribution < -0.4 is 9.47 Å². The zero-order chi connectivity index (χ0) is 17.7. The van der Waals surface area contributed by atoms with Crippen LogP contribution in [0.5, 0.6) is 17.2 Å². The highest BCUT2D eigenvalue weighted by atomic mass is 16.5. The molecule has 2 N–H and O–H groups in total. The average molecular weight is 325 g/mol. The first-order chi connectivity index (χ1) is 11.5. The predicted molar refractivity (Wildman–Crippen MR) is 88.1 cm³/mol. The first-order valence-electron chi connectivity index (χ1n) is 6.90. The van der Waals surface area contributed by atoms with Crippen LogP contribution in [-0.2, 0) is 0 Å². The lowest BCUT2D eigenvalue weighted by molar-refractivity contribution is 0.0697. The van der Waals surface area contributed by atoms with Gasteiger partial charge in [-0.2, -0.15) is 5.26 Å². The zero-order valence-corrected chi connectivity index (χ0v) is 13.1. The van der Waals surface area contributed by atoms with Crippen LogP contribution in [0.4, 0.5) is 0 Å². The number of aromatic hydroxyl groups is 1. The molecule has 0 atom stereocenters. The molecule has 0 aliphatic carbocycles. The quantitative estimate of drug-likeness (QED) is 0.647. The molecular formula is C18H15NO5. The van der Waals surface area contributed by atoms with Gasteiger partial charge in [-0.1, -0.05) is 12.1 Å². The van der Waals surface area contributed by atoms with Crippen molar-refractivity contribution in [2.45, 2.75) is 0 Å². The first-order valence-corrected chi connectivity index (χ1v) is 6.90. The van der Waals surface area contributed by atoms with Gasteiger partial charge >= 0.3 is 5.97 Å². The highest BCUT2D eigenvalue weighted by Gasteiger charge is 2.11. The molecule has 6 heteroatoms. The van der Waals surface area contributed by atoms with Crippen molar-refractivity contribution in [2.75, 3.05) is 14.2 Å². The molecule has 0 spiro atoms. The van der Waals surface area contributed by atoms with E-state index in [0.717, 1.165) is 0 Å². The Balaban J connectivity index is 2.47. The highest BCUT2D eigenvalue weighted by Crippen LogP contribution is 2.38. The fourth-order valence-corrected chi connectivity index (χ4v) is 2.14. The Labute approximate surface area is 138 Å². The van der Waals surface area contributed by atoms with Crippen molar-refractivity contribution in [1.82, 2.24) is 0 Å². The summed E-state index contributed by atoms with van der Waals surface area (Å²) >= 11 is 0. The second-order valence-electron chi connectivity index (χ2n) is 4.83. The Hall–Kier alpha value is -3.46. The summed E-state index contributed by atoms with van der Waals surface area (Å²) in [6.07, 6.45) is 1.60. The van der Waals surface area contributed by atoms with Crippen LogP contribution in [0.15, 0.2) is 36.4 Å². The van der Waals surface area contributed by atoms with Gasteiger partial charge in [0.25, 0.3) is 0 Å². The maximum Gasteiger partial charge on any atom is 0.335 e. The Bertz CT molecular complexity index is 806. The van der Waals surface area contributed by atoms with Crippen LogP contribution in [-0.4, -0.2) is 30.4 Å². The van der Waals surface area contributed by atoms with E-state index in [1.54, 1.807) is 30.3 Å². The summed E-state index contributed by atoms with van der Waals surface area (Å²) in [7, 11) is 2.83. The standard InChI is InChI=1S/C18H15NO5/c1-23-15-8-11(9-16(24-2)17(15)20)7-14(10-19)12-3-5-13(6-4-12)18(21)22/h3-9,20H,1-2H3,(H,21,22)/b14-7-. The average Bonchev–Trinajstić information content (AvgIpc) is 2.60. The monoisotopic (exact) mass is 325 g/mol. The number of benzene rings is 2. The van der Waals surface area contributed by atoms with Gasteiger partial charge < -0.3 is 19.7 Å². The summed E-state index contributed by atoms with van der Waals surface area (Å²) in [5.74, 6) is -0.711. The van der Waals surface area contributed by atoms with Gasteiger partial charge in [-0.05, 0) is 41.5 Å². The number of rotatable bonds is 5. The van der Waals surface area contributed by atoms with Gasteiger partial charge in [0.1, 0.15) is 0 Å². The molecule has 6 nitrogen and oxygen atoms in total. The number of carbonyl (C=O) groups is 1. The third-order valence-corrected chi connectivity index (χ3v) is 3.38. The lowest BCUT2D eigenvalue weighted by atomic mass is 10.0. The van der Waals surface area contributed by atoms with Crippen LogP contribution >= 0.6 is 0 Å². The summed E-state index contributed by atoms with van der Waals surface area (Å²) in [4.78, 5) is 10.9. The molecule has 0 saturated carbocycles. The molecule has 122 valence electrons. The summed E-state index contributed by atoms with van der Waals surface area (Å²) in [5, 5.41) is 28.2. The number of phenolic OH excluding ortho intramolecular Hbond substituents is 1. The lowest BCUT2D eigenvalue weighted by Gasteiger charge is -2.10. The van der Waals surface area contributed by atoms with E-state index in [1.807, 2.05) is 0 Å². The van der Waals surface area contributed by atoms with Gasteiger partial charge in [0.2, 0.25) is 5.75 Å². The molecule has 0 bridgehead atoms. The maximum absolute atomic E-state index is 10.9. The van der Waals surface area contributed by atoms with E-state index in [-0.39, 0.29) is 22.8 Å². The maximum atomic E-state index is 10.9. The molecule has 2 aromatic carbocycles. The predicted octanol–water partition coefficient (Wildman–Crippen LogP) is 3.17. The van der Waals surface area contributed by atoms with Gasteiger partial charge in [-0.15, -0.1) is 0 Å². The van der Waals surface area contributed by atoms with E-state index in [4.69, 9.17) is 14.6 Å². The summed E-state index contributed by atoms with van der Waals surface area (Å²) in [6.45, 7) is 0. The largest absolute Gasteiger partial charge is 0.502 e. The van der Waals surface area contributed by atoms with Crippen molar-refractivity contribution in [3.05, 3.63) is 53.1 Å². The van der Waals surface area contributed by atoms with Crippen molar-refractivity contribution in [3.63, 3.8) is 0 Å². The van der Waals surface area contributed by atoms with Crippen LogP contribution in [0.25, 0.3) is 11.6 Å². The minimum Gasteiger partial charge on any atom is -0.502 e. The Morgan fingerprint density at radius 2 is 1.58 bits per heavy atom. The number of carboxylic acids is 1. The van der Waals surface area contributed by atoms with Gasteiger partial charge in [0, 0.05) is 0 Å². The third-order valence-electron chi connectivity index (χ3n) is 3.38. The number of methoxy groups -OCH3 is 2. The van der Waals surface area contributed by atoms with Crippen molar-refractivity contribution in [3.8, 4) is 23.3 Å². The van der Waals surface area contributed by atoms with E-state index >= 15 is 0 Å². The van der Waals surface area contributed by atoms with Gasteiger partial charge in [-0.3, -0.25) is 0 Å². The number of aromatic carboxylic acids is 1. The lowest BCUT2D eigenvalue weighted by Crippen LogP contribution is -1.95. The van der Waals surface area contributed by atoms with Crippen LogP contribution in [0.3, 0.4) is 0 Å². The number of hydrogen-bond donors (Lipinski definition) is 2. The summed E-state index contributed by atoms with van der Waals surface area (Å²) in [5.41, 5.74) is 1.65. The van der Waals surface area contributed by atoms with E-state index in [0.29, 0.717) is 16.7 Å². The smallest absolute Gasteiger partial charge is 0.335 e. The van der Waals surface area contributed by atoms with Crippen molar-refractivity contribution in [2.24, 2.45) is 0 Å². The van der Waals surface area contributed by atoms with Crippen LogP contribution in [0.1, 0.15) is 21.5 Å². The molecule has 2 rings (SSSR count). The number of hydrogen-bond acceptors (Lipinski definition) is 5. The molecule has 0 aliphatic heterocycles. The molecule has 0 fully saturated rings. The van der Waals surface area contributed by atoms with Crippen molar-refractivity contribution < 1.29 is 24.5 Å². The Morgan fingerprint density at radius 3 is 2.00 bits per heavy atom. The summed E-state index contributed by atoms with van der Waals surface area (Å²) < 4.78 is 10.2. The normalized spacial score (nSPS) is 10.8. The number of ether oxygens (including phenoxy) is 2. The number of allylic oxidation sites excluding steroid dienone is 1. The SMILES string of the molecule is COc1cc(/C=C(/C#N)c2ccc(C(=O)O)cc2)cc(OC)c1O. The first kappa shape index (κ1) is 16.9. The second kappa shape index (κ2) is 7.20. The number of phenols is 1. The Kier molecular flexibility index (Phi) is 5.07. The second-order valence-corrected chi connectivity index (χ2v) is 4.83. The summed E-state index contributed by atoms with van der Waals surface area (Å²) in [6, 6.07) is 11.2. The number of nitriles is 1. The van der Waals surface area contributed by atoms with Crippen LogP contribution in [0.2, 0.25) is 0 Å². The number of carboxylic acid groups (broad SMARTS) is 1. The van der Waals surface area contributed by atoms with Gasteiger partial charge in [0.05, 0.1) is 31.4 Å². The number of nitrogens with zero attached hydrogens (tertiary/aromatic N) is 1. The topological polar surface area (TPSA) is 99.8 Å². The fourth-order valence-electron chi connectivity index (χ4n) is 2.14. The molecule has 0 heterocycles. The molecule has 0 radical (unpaired) electrons.